The Morgan fingerprint density at radius 1 is 1.24 bits per heavy atom. The van der Waals surface area contributed by atoms with Crippen LogP contribution in [0.2, 0.25) is 0 Å². The molecule has 0 aliphatic carbocycles. The Labute approximate surface area is 121 Å². The minimum absolute atomic E-state index is 0.421. The molecule has 3 aromatic rings. The molecule has 3 aromatic heterocycles. The molecule has 0 saturated carbocycles. The molecule has 7 nitrogen and oxygen atoms in total. The molecule has 7 heteroatoms. The summed E-state index contributed by atoms with van der Waals surface area (Å²) in [6.07, 6.45) is 7.90. The van der Waals surface area contributed by atoms with Crippen LogP contribution in [-0.4, -0.2) is 40.7 Å². The number of aliphatic hydroxyl groups excluding tert-OH is 1. The van der Waals surface area contributed by atoms with Crippen molar-refractivity contribution in [2.24, 2.45) is 0 Å². The van der Waals surface area contributed by atoms with Crippen LogP contribution < -0.4 is 0 Å². The monoisotopic (exact) mass is 284 g/mol. The van der Waals surface area contributed by atoms with Gasteiger partial charge in [-0.25, -0.2) is 14.3 Å². The van der Waals surface area contributed by atoms with E-state index in [1.165, 1.54) is 6.33 Å². The third-order valence-corrected chi connectivity index (χ3v) is 3.30. The smallest absolute Gasteiger partial charge is 0.170 e. The van der Waals surface area contributed by atoms with E-state index in [1.807, 2.05) is 31.3 Å². The van der Waals surface area contributed by atoms with E-state index in [0.29, 0.717) is 6.42 Å². The zero-order valence-electron chi connectivity index (χ0n) is 11.6. The molecule has 108 valence electrons. The van der Waals surface area contributed by atoms with Crippen LogP contribution in [0.4, 0.5) is 0 Å². The lowest BCUT2D eigenvalue weighted by Gasteiger charge is -2.22. The Hall–Kier alpha value is -2.54. The van der Waals surface area contributed by atoms with Gasteiger partial charge in [0.15, 0.2) is 6.17 Å². The Morgan fingerprint density at radius 3 is 2.81 bits per heavy atom. The van der Waals surface area contributed by atoms with Crippen molar-refractivity contribution >= 4 is 0 Å². The Balaban J connectivity index is 1.96. The molecular weight excluding hydrogens is 268 g/mol. The fourth-order valence-electron chi connectivity index (χ4n) is 2.19. The lowest BCUT2D eigenvalue weighted by atomic mass is 10.2. The highest BCUT2D eigenvalue weighted by atomic mass is 16.3. The molecule has 2 unspecified atom stereocenters. The van der Waals surface area contributed by atoms with Crippen LogP contribution in [0.3, 0.4) is 0 Å². The van der Waals surface area contributed by atoms with Gasteiger partial charge >= 0.3 is 0 Å². The zero-order chi connectivity index (χ0) is 14.7. The molecule has 1 N–H and O–H groups in total. The molecule has 0 fully saturated rings. The molecule has 0 amide bonds. The lowest BCUT2D eigenvalue weighted by Crippen LogP contribution is -2.30. The maximum atomic E-state index is 10.3. The normalized spacial score (nSPS) is 14.0. The first-order chi connectivity index (χ1) is 10.3. The van der Waals surface area contributed by atoms with Gasteiger partial charge in [-0.15, -0.1) is 0 Å². The van der Waals surface area contributed by atoms with Crippen molar-refractivity contribution in [1.29, 1.82) is 0 Å². The second kappa shape index (κ2) is 5.84. The Bertz CT molecular complexity index is 679. The number of nitrogens with zero attached hydrogens (tertiary/aromatic N) is 6. The minimum Gasteiger partial charge on any atom is -0.389 e. The maximum absolute atomic E-state index is 10.3. The van der Waals surface area contributed by atoms with E-state index >= 15 is 0 Å². The summed E-state index contributed by atoms with van der Waals surface area (Å²) in [5, 5.41) is 18.7. The number of aromatic nitrogens is 6. The van der Waals surface area contributed by atoms with Gasteiger partial charge in [0, 0.05) is 18.0 Å². The van der Waals surface area contributed by atoms with Gasteiger partial charge in [0.05, 0.1) is 18.0 Å². The van der Waals surface area contributed by atoms with Gasteiger partial charge in [-0.1, -0.05) is 13.0 Å². The van der Waals surface area contributed by atoms with Crippen LogP contribution in [0.25, 0.3) is 11.3 Å². The average Bonchev–Trinajstić information content (AvgIpc) is 3.20. The minimum atomic E-state index is -0.608. The highest BCUT2D eigenvalue weighted by Crippen LogP contribution is 2.20. The molecule has 0 aromatic carbocycles. The highest BCUT2D eigenvalue weighted by molar-refractivity contribution is 5.56. The summed E-state index contributed by atoms with van der Waals surface area (Å²) >= 11 is 0. The summed E-state index contributed by atoms with van der Waals surface area (Å²) in [7, 11) is 0. The van der Waals surface area contributed by atoms with E-state index in [-0.39, 0.29) is 0 Å². The Morgan fingerprint density at radius 2 is 2.14 bits per heavy atom. The van der Waals surface area contributed by atoms with Crippen molar-refractivity contribution in [2.45, 2.75) is 25.6 Å². The molecule has 21 heavy (non-hydrogen) atoms. The highest BCUT2D eigenvalue weighted by Gasteiger charge is 2.23. The van der Waals surface area contributed by atoms with Crippen molar-refractivity contribution in [3.05, 3.63) is 49.4 Å². The van der Waals surface area contributed by atoms with Crippen molar-refractivity contribution in [2.75, 3.05) is 0 Å². The number of rotatable bonds is 5. The van der Waals surface area contributed by atoms with Gasteiger partial charge in [0.1, 0.15) is 12.7 Å². The molecule has 0 radical (unpaired) electrons. The fourth-order valence-corrected chi connectivity index (χ4v) is 2.19. The number of aliphatic hydroxyl groups is 1. The summed E-state index contributed by atoms with van der Waals surface area (Å²) in [6.45, 7) is 1.91. The van der Waals surface area contributed by atoms with Crippen LogP contribution in [0.15, 0.2) is 49.4 Å². The summed E-state index contributed by atoms with van der Waals surface area (Å²) in [5.41, 5.74) is 1.73. The fraction of sp³-hybridized carbons (Fsp3) is 0.286. The van der Waals surface area contributed by atoms with Gasteiger partial charge in [-0.3, -0.25) is 4.98 Å². The molecule has 3 rings (SSSR count). The molecule has 0 saturated heterocycles. The predicted octanol–water partition coefficient (Wildman–Crippen LogP) is 1.35. The number of pyridine rings is 1. The quantitative estimate of drug-likeness (QED) is 0.765. The molecule has 0 aliphatic rings. The summed E-state index contributed by atoms with van der Waals surface area (Å²) in [4.78, 5) is 8.24. The van der Waals surface area contributed by atoms with Gasteiger partial charge in [0.25, 0.3) is 0 Å². The topological polar surface area (TPSA) is 81.6 Å². The molecule has 2 atom stereocenters. The van der Waals surface area contributed by atoms with Crippen LogP contribution in [0.5, 0.6) is 0 Å². The summed E-state index contributed by atoms with van der Waals surface area (Å²) < 4.78 is 3.29. The van der Waals surface area contributed by atoms with Gasteiger partial charge < -0.3 is 5.11 Å². The summed E-state index contributed by atoms with van der Waals surface area (Å²) in [5.74, 6) is 0. The molecular formula is C14H16N6O. The number of hydrogen-bond acceptors (Lipinski definition) is 5. The van der Waals surface area contributed by atoms with Gasteiger partial charge in [0.2, 0.25) is 0 Å². The van der Waals surface area contributed by atoms with Crippen LogP contribution in [-0.2, 0) is 0 Å². The van der Waals surface area contributed by atoms with Crippen LogP contribution >= 0.6 is 0 Å². The SMILES string of the molecule is CCC(O)C(n1cncn1)n1cc(-c2ccccn2)cn1. The van der Waals surface area contributed by atoms with E-state index in [9.17, 15) is 5.11 Å². The largest absolute Gasteiger partial charge is 0.389 e. The molecule has 0 spiro atoms. The lowest BCUT2D eigenvalue weighted by molar-refractivity contribution is 0.0792. The van der Waals surface area contributed by atoms with Crippen LogP contribution in [0.1, 0.15) is 19.5 Å². The second-order valence-corrected chi connectivity index (χ2v) is 4.69. The van der Waals surface area contributed by atoms with Crippen molar-refractivity contribution in [3.63, 3.8) is 0 Å². The first-order valence-corrected chi connectivity index (χ1v) is 6.77. The Kier molecular flexibility index (Phi) is 3.74. The average molecular weight is 284 g/mol. The van der Waals surface area contributed by atoms with E-state index in [1.54, 1.807) is 28.1 Å². The van der Waals surface area contributed by atoms with Crippen molar-refractivity contribution in [3.8, 4) is 11.3 Å². The van der Waals surface area contributed by atoms with Gasteiger partial charge in [-0.2, -0.15) is 10.2 Å². The van der Waals surface area contributed by atoms with Crippen LogP contribution in [0, 0.1) is 0 Å². The van der Waals surface area contributed by atoms with Crippen molar-refractivity contribution < 1.29 is 5.11 Å². The maximum Gasteiger partial charge on any atom is 0.170 e. The number of hydrogen-bond donors (Lipinski definition) is 1. The van der Waals surface area contributed by atoms with E-state index in [4.69, 9.17) is 0 Å². The molecule has 0 bridgehead atoms. The second-order valence-electron chi connectivity index (χ2n) is 4.69. The van der Waals surface area contributed by atoms with E-state index < -0.39 is 12.3 Å². The first-order valence-electron chi connectivity index (χ1n) is 6.77. The third-order valence-electron chi connectivity index (χ3n) is 3.30. The molecule has 0 aliphatic heterocycles. The predicted molar refractivity (Wildman–Crippen MR) is 76.2 cm³/mol. The van der Waals surface area contributed by atoms with Gasteiger partial charge in [-0.05, 0) is 18.6 Å². The van der Waals surface area contributed by atoms with E-state index in [0.717, 1.165) is 11.3 Å². The molecule has 3 heterocycles. The first kappa shape index (κ1) is 13.4. The third kappa shape index (κ3) is 2.68. The standard InChI is InChI=1S/C14H16N6O/c1-2-13(21)14(20-10-15-9-18-20)19-8-11(7-17-19)12-5-3-4-6-16-12/h3-10,13-14,21H,2H2,1H3. The zero-order valence-corrected chi connectivity index (χ0v) is 11.6. The summed E-state index contributed by atoms with van der Waals surface area (Å²) in [6, 6.07) is 5.71. The van der Waals surface area contributed by atoms with E-state index in [2.05, 4.69) is 20.2 Å². The van der Waals surface area contributed by atoms with Crippen molar-refractivity contribution in [1.82, 2.24) is 29.5 Å².